The van der Waals surface area contributed by atoms with Crippen LogP contribution < -0.4 is 9.47 Å². The maximum atomic E-state index is 5.48. The van der Waals surface area contributed by atoms with Crippen molar-refractivity contribution < 1.29 is 14.0 Å². The Bertz CT molecular complexity index is 818. The highest BCUT2D eigenvalue weighted by molar-refractivity contribution is 5.53. The molecule has 0 aliphatic rings. The van der Waals surface area contributed by atoms with Crippen LogP contribution in [0.1, 0.15) is 11.5 Å². The number of para-hydroxylation sites is 1. The van der Waals surface area contributed by atoms with Crippen molar-refractivity contribution in [2.75, 3.05) is 21.3 Å². The van der Waals surface area contributed by atoms with E-state index < -0.39 is 0 Å². The number of ether oxygens (including phenoxy) is 2. The zero-order chi connectivity index (χ0) is 17.6. The molecule has 0 spiro atoms. The van der Waals surface area contributed by atoms with Gasteiger partial charge in [0, 0.05) is 17.7 Å². The average molecular weight is 339 g/mol. The zero-order valence-corrected chi connectivity index (χ0v) is 14.6. The molecular weight excluding hydrogens is 318 g/mol. The smallest absolute Gasteiger partial charge is 0.241 e. The molecule has 25 heavy (non-hydrogen) atoms. The molecule has 0 atom stereocenters. The van der Waals surface area contributed by atoms with Crippen molar-refractivity contribution in [1.82, 2.24) is 15.0 Å². The van der Waals surface area contributed by atoms with E-state index in [9.17, 15) is 0 Å². The Balaban J connectivity index is 1.69. The van der Waals surface area contributed by atoms with E-state index in [1.807, 2.05) is 55.6 Å². The number of aromatic nitrogens is 2. The van der Waals surface area contributed by atoms with Crippen LogP contribution in [0.2, 0.25) is 0 Å². The molecule has 3 rings (SSSR count). The molecule has 0 bridgehead atoms. The van der Waals surface area contributed by atoms with Crippen molar-refractivity contribution in [2.24, 2.45) is 0 Å². The van der Waals surface area contributed by atoms with Gasteiger partial charge in [-0.15, -0.1) is 0 Å². The van der Waals surface area contributed by atoms with Crippen LogP contribution in [0.15, 0.2) is 53.1 Å². The number of methoxy groups -OCH3 is 2. The Morgan fingerprint density at radius 1 is 0.960 bits per heavy atom. The Labute approximate surface area is 147 Å². The molecule has 3 aromatic rings. The first-order valence-corrected chi connectivity index (χ1v) is 7.97. The largest absolute Gasteiger partial charge is 0.493 e. The number of hydrogen-bond donors (Lipinski definition) is 0. The topological polar surface area (TPSA) is 60.6 Å². The molecule has 0 saturated carbocycles. The predicted octanol–water partition coefficient (Wildman–Crippen LogP) is 3.39. The van der Waals surface area contributed by atoms with Crippen molar-refractivity contribution in [3.63, 3.8) is 0 Å². The first-order valence-electron chi connectivity index (χ1n) is 7.97. The minimum absolute atomic E-state index is 0.542. The Morgan fingerprint density at radius 2 is 1.76 bits per heavy atom. The Morgan fingerprint density at radius 3 is 2.48 bits per heavy atom. The highest BCUT2D eigenvalue weighted by atomic mass is 16.5. The van der Waals surface area contributed by atoms with Crippen LogP contribution in [0.4, 0.5) is 0 Å². The first-order chi connectivity index (χ1) is 12.2. The molecule has 6 nitrogen and oxygen atoms in total. The van der Waals surface area contributed by atoms with Gasteiger partial charge in [-0.1, -0.05) is 47.6 Å². The van der Waals surface area contributed by atoms with Crippen LogP contribution in [-0.4, -0.2) is 36.3 Å². The molecule has 0 saturated heterocycles. The SMILES string of the molecule is COc1cccc(CN(C)Cc2nc(-c3ccccc3)no2)c1OC. The summed E-state index contributed by atoms with van der Waals surface area (Å²) in [5, 5.41) is 4.05. The summed E-state index contributed by atoms with van der Waals surface area (Å²) in [5.74, 6) is 2.64. The standard InChI is InChI=1S/C19H21N3O3/c1-22(12-15-10-7-11-16(23-2)18(15)24-3)13-17-20-19(21-25-17)14-8-5-4-6-9-14/h4-11H,12-13H2,1-3H3. The van der Waals surface area contributed by atoms with Gasteiger partial charge in [0.25, 0.3) is 0 Å². The minimum Gasteiger partial charge on any atom is -0.493 e. The van der Waals surface area contributed by atoms with Gasteiger partial charge < -0.3 is 14.0 Å². The molecule has 0 amide bonds. The molecule has 0 aliphatic carbocycles. The molecule has 0 aliphatic heterocycles. The summed E-state index contributed by atoms with van der Waals surface area (Å²) in [6, 6.07) is 15.6. The fraction of sp³-hybridized carbons (Fsp3) is 0.263. The molecule has 6 heteroatoms. The quantitative estimate of drug-likeness (QED) is 0.657. The van der Waals surface area contributed by atoms with E-state index in [4.69, 9.17) is 14.0 Å². The zero-order valence-electron chi connectivity index (χ0n) is 14.6. The molecular formula is C19H21N3O3. The van der Waals surface area contributed by atoms with Gasteiger partial charge in [-0.2, -0.15) is 4.98 Å². The van der Waals surface area contributed by atoms with Gasteiger partial charge in [0.05, 0.1) is 20.8 Å². The fourth-order valence-corrected chi connectivity index (χ4v) is 2.68. The van der Waals surface area contributed by atoms with Crippen LogP contribution >= 0.6 is 0 Å². The number of hydrogen-bond acceptors (Lipinski definition) is 6. The van der Waals surface area contributed by atoms with E-state index in [1.54, 1.807) is 14.2 Å². The van der Waals surface area contributed by atoms with Gasteiger partial charge >= 0.3 is 0 Å². The summed E-state index contributed by atoms with van der Waals surface area (Å²) >= 11 is 0. The summed E-state index contributed by atoms with van der Waals surface area (Å²) in [6.07, 6.45) is 0. The Kier molecular flexibility index (Phi) is 5.30. The lowest BCUT2D eigenvalue weighted by atomic mass is 10.1. The van der Waals surface area contributed by atoms with E-state index in [2.05, 4.69) is 15.0 Å². The lowest BCUT2D eigenvalue weighted by Crippen LogP contribution is -2.18. The molecule has 0 radical (unpaired) electrons. The molecule has 0 fully saturated rings. The summed E-state index contributed by atoms with van der Waals surface area (Å²) in [6.45, 7) is 1.21. The third-order valence-electron chi connectivity index (χ3n) is 3.83. The first kappa shape index (κ1) is 17.0. The second kappa shape index (κ2) is 7.81. The second-order valence-corrected chi connectivity index (χ2v) is 5.70. The van der Waals surface area contributed by atoms with Gasteiger partial charge in [-0.3, -0.25) is 4.90 Å². The predicted molar refractivity (Wildman–Crippen MR) is 94.5 cm³/mol. The highest BCUT2D eigenvalue weighted by Gasteiger charge is 2.14. The van der Waals surface area contributed by atoms with E-state index in [0.29, 0.717) is 24.8 Å². The van der Waals surface area contributed by atoms with E-state index in [1.165, 1.54) is 0 Å². The second-order valence-electron chi connectivity index (χ2n) is 5.70. The van der Waals surface area contributed by atoms with Crippen molar-refractivity contribution in [3.8, 4) is 22.9 Å². The normalized spacial score (nSPS) is 10.9. The van der Waals surface area contributed by atoms with Crippen molar-refractivity contribution in [3.05, 3.63) is 60.0 Å². The van der Waals surface area contributed by atoms with Crippen LogP contribution in [0, 0.1) is 0 Å². The maximum absolute atomic E-state index is 5.48. The molecule has 0 N–H and O–H groups in total. The maximum Gasteiger partial charge on any atom is 0.241 e. The molecule has 1 aromatic heterocycles. The van der Waals surface area contributed by atoms with Crippen LogP contribution in [0.3, 0.4) is 0 Å². The highest BCUT2D eigenvalue weighted by Crippen LogP contribution is 2.31. The summed E-state index contributed by atoms with van der Waals surface area (Å²) in [5.41, 5.74) is 1.97. The van der Waals surface area contributed by atoms with E-state index in [-0.39, 0.29) is 0 Å². The molecule has 0 unspecified atom stereocenters. The fourth-order valence-electron chi connectivity index (χ4n) is 2.68. The van der Waals surface area contributed by atoms with E-state index in [0.717, 1.165) is 22.6 Å². The van der Waals surface area contributed by atoms with Gasteiger partial charge in [-0.05, 0) is 13.1 Å². The molecule has 2 aromatic carbocycles. The summed E-state index contributed by atoms with van der Waals surface area (Å²) < 4.78 is 16.2. The summed E-state index contributed by atoms with van der Waals surface area (Å²) in [7, 11) is 5.27. The number of rotatable bonds is 7. The van der Waals surface area contributed by atoms with Crippen molar-refractivity contribution >= 4 is 0 Å². The lowest BCUT2D eigenvalue weighted by Gasteiger charge is -2.18. The Hall–Kier alpha value is -2.86. The average Bonchev–Trinajstić information content (AvgIpc) is 3.10. The molecule has 130 valence electrons. The van der Waals surface area contributed by atoms with Gasteiger partial charge in [0.2, 0.25) is 11.7 Å². The summed E-state index contributed by atoms with van der Waals surface area (Å²) in [4.78, 5) is 6.55. The van der Waals surface area contributed by atoms with Crippen molar-refractivity contribution in [1.29, 1.82) is 0 Å². The van der Waals surface area contributed by atoms with Gasteiger partial charge in [-0.25, -0.2) is 0 Å². The molecule has 1 heterocycles. The van der Waals surface area contributed by atoms with Crippen LogP contribution in [0.5, 0.6) is 11.5 Å². The number of benzene rings is 2. The van der Waals surface area contributed by atoms with Crippen LogP contribution in [-0.2, 0) is 13.1 Å². The van der Waals surface area contributed by atoms with Crippen molar-refractivity contribution in [2.45, 2.75) is 13.1 Å². The van der Waals surface area contributed by atoms with Gasteiger partial charge in [0.1, 0.15) is 0 Å². The third-order valence-corrected chi connectivity index (χ3v) is 3.83. The monoisotopic (exact) mass is 339 g/mol. The van der Waals surface area contributed by atoms with E-state index >= 15 is 0 Å². The third kappa shape index (κ3) is 3.97. The minimum atomic E-state index is 0.542. The van der Waals surface area contributed by atoms with Gasteiger partial charge in [0.15, 0.2) is 11.5 Å². The van der Waals surface area contributed by atoms with Crippen LogP contribution in [0.25, 0.3) is 11.4 Å². The lowest BCUT2D eigenvalue weighted by molar-refractivity contribution is 0.256. The number of nitrogens with zero attached hydrogens (tertiary/aromatic N) is 3.